The summed E-state index contributed by atoms with van der Waals surface area (Å²) in [6, 6.07) is 3.67. The van der Waals surface area contributed by atoms with Crippen LogP contribution >= 0.6 is 11.3 Å². The maximum Gasteiger partial charge on any atom is 0.311 e. The lowest BCUT2D eigenvalue weighted by atomic mass is 10.2. The summed E-state index contributed by atoms with van der Waals surface area (Å²) < 4.78 is 17.6. The molecule has 0 spiro atoms. The van der Waals surface area contributed by atoms with Crippen molar-refractivity contribution in [1.29, 1.82) is 0 Å². The summed E-state index contributed by atoms with van der Waals surface area (Å²) in [6.07, 6.45) is 0.196. The van der Waals surface area contributed by atoms with E-state index >= 15 is 0 Å². The Morgan fingerprint density at radius 2 is 2.25 bits per heavy atom. The first kappa shape index (κ1) is 13.5. The van der Waals surface area contributed by atoms with Crippen molar-refractivity contribution in [3.63, 3.8) is 0 Å². The number of hydrogen-bond acceptors (Lipinski definition) is 4. The van der Waals surface area contributed by atoms with E-state index in [1.54, 1.807) is 0 Å². The molecular weight excluding hydrogens is 244 g/mol. The van der Waals surface area contributed by atoms with Crippen molar-refractivity contribution in [1.82, 2.24) is 0 Å². The molecule has 0 saturated heterocycles. The smallest absolute Gasteiger partial charge is 0.311 e. The minimum Gasteiger partial charge on any atom is -0.611 e. The topological polar surface area (TPSA) is 49.4 Å². The van der Waals surface area contributed by atoms with Crippen LogP contribution in [-0.4, -0.2) is 21.9 Å². The van der Waals surface area contributed by atoms with Gasteiger partial charge in [-0.25, -0.2) is 0 Å². The second-order valence-electron chi connectivity index (χ2n) is 4.32. The molecule has 0 bridgehead atoms. The lowest BCUT2D eigenvalue weighted by Crippen LogP contribution is -2.25. The molecule has 5 heteroatoms. The molecule has 90 valence electrons. The Kier molecular flexibility index (Phi) is 4.83. The van der Waals surface area contributed by atoms with Crippen LogP contribution in [0, 0.1) is 0 Å². The van der Waals surface area contributed by atoms with Crippen LogP contribution in [0.1, 0.15) is 27.2 Å². The van der Waals surface area contributed by atoms with Gasteiger partial charge < -0.3 is 9.29 Å². The van der Waals surface area contributed by atoms with E-state index in [0.29, 0.717) is 5.75 Å². The van der Waals surface area contributed by atoms with Crippen LogP contribution in [0.15, 0.2) is 21.7 Å². The highest BCUT2D eigenvalue weighted by atomic mass is 32.2. The Morgan fingerprint density at radius 3 is 2.75 bits per heavy atom. The monoisotopic (exact) mass is 260 g/mol. The lowest BCUT2D eigenvalue weighted by molar-refractivity contribution is -0.154. The van der Waals surface area contributed by atoms with E-state index in [1.165, 1.54) is 11.3 Å². The normalized spacial score (nSPS) is 13.5. The second-order valence-corrected chi connectivity index (χ2v) is 7.06. The highest BCUT2D eigenvalue weighted by Crippen LogP contribution is 2.18. The molecule has 0 amide bonds. The van der Waals surface area contributed by atoms with Crippen LogP contribution in [0.25, 0.3) is 0 Å². The number of esters is 1. The first-order chi connectivity index (χ1) is 7.38. The van der Waals surface area contributed by atoms with E-state index in [-0.39, 0.29) is 12.4 Å². The van der Waals surface area contributed by atoms with Gasteiger partial charge in [0.1, 0.15) is 11.4 Å². The van der Waals surface area contributed by atoms with E-state index in [4.69, 9.17) is 4.74 Å². The van der Waals surface area contributed by atoms with Crippen LogP contribution in [0.3, 0.4) is 0 Å². The summed E-state index contributed by atoms with van der Waals surface area (Å²) in [5, 5.41) is 1.88. The molecule has 0 aliphatic carbocycles. The summed E-state index contributed by atoms with van der Waals surface area (Å²) >= 11 is 0.360. The molecule has 1 rings (SSSR count). The first-order valence-electron chi connectivity index (χ1n) is 5.02. The van der Waals surface area contributed by atoms with Crippen molar-refractivity contribution in [2.45, 2.75) is 37.0 Å². The minimum absolute atomic E-state index is 0.196. The third-order valence-corrected chi connectivity index (χ3v) is 4.30. The van der Waals surface area contributed by atoms with Gasteiger partial charge in [-0.05, 0) is 43.4 Å². The fourth-order valence-electron chi connectivity index (χ4n) is 1.06. The van der Waals surface area contributed by atoms with E-state index in [2.05, 4.69) is 0 Å². The van der Waals surface area contributed by atoms with E-state index in [1.807, 2.05) is 38.3 Å². The maximum absolute atomic E-state index is 11.7. The van der Waals surface area contributed by atoms with Gasteiger partial charge in [-0.1, -0.05) is 11.3 Å². The third-order valence-electron chi connectivity index (χ3n) is 1.63. The molecule has 1 atom stereocenters. The summed E-state index contributed by atoms with van der Waals surface area (Å²) in [6.45, 7) is 5.46. The van der Waals surface area contributed by atoms with Crippen molar-refractivity contribution >= 4 is 28.5 Å². The average Bonchev–Trinajstić information content (AvgIpc) is 2.64. The maximum atomic E-state index is 11.7. The number of thiophene rings is 1. The minimum atomic E-state index is -1.08. The Hall–Kier alpha value is -0.520. The van der Waals surface area contributed by atoms with Crippen LogP contribution in [0.2, 0.25) is 0 Å². The number of rotatable bonds is 4. The molecule has 1 aromatic rings. The van der Waals surface area contributed by atoms with Gasteiger partial charge >= 0.3 is 5.97 Å². The SMILES string of the molecule is CC(C)(C)OC(=O)CC[S+]([O-])c1cccs1. The Bertz CT molecular complexity index is 327. The summed E-state index contributed by atoms with van der Waals surface area (Å²) in [4.78, 5) is 11.4. The van der Waals surface area contributed by atoms with E-state index < -0.39 is 16.8 Å². The quantitative estimate of drug-likeness (QED) is 0.617. The van der Waals surface area contributed by atoms with E-state index in [9.17, 15) is 9.35 Å². The molecule has 1 unspecified atom stereocenters. The Labute approximate surface area is 103 Å². The third kappa shape index (κ3) is 5.01. The predicted octanol–water partition coefficient (Wildman–Crippen LogP) is 2.59. The fourth-order valence-corrected chi connectivity index (χ4v) is 3.14. The summed E-state index contributed by atoms with van der Waals surface area (Å²) in [5.74, 6) is 0.0347. The fraction of sp³-hybridized carbons (Fsp3) is 0.545. The summed E-state index contributed by atoms with van der Waals surface area (Å²) in [5.41, 5.74) is -0.471. The molecule has 0 radical (unpaired) electrons. The van der Waals surface area contributed by atoms with Crippen LogP contribution in [-0.2, 0) is 20.7 Å². The molecule has 0 aliphatic heterocycles. The molecule has 1 heterocycles. The number of hydrogen-bond donors (Lipinski definition) is 0. The van der Waals surface area contributed by atoms with Gasteiger partial charge in [-0.15, -0.1) is 0 Å². The number of carbonyl (C=O) groups excluding carboxylic acids is 1. The largest absolute Gasteiger partial charge is 0.611 e. The molecule has 1 aromatic heterocycles. The molecule has 16 heavy (non-hydrogen) atoms. The molecule has 0 N–H and O–H groups in total. The number of carbonyl (C=O) groups is 1. The number of ether oxygens (including phenoxy) is 1. The average molecular weight is 260 g/mol. The lowest BCUT2D eigenvalue weighted by Gasteiger charge is -2.19. The van der Waals surface area contributed by atoms with Gasteiger partial charge in [-0.2, -0.15) is 0 Å². The van der Waals surface area contributed by atoms with Crippen molar-refractivity contribution in [3.05, 3.63) is 17.5 Å². The molecule has 0 aliphatic rings. The standard InChI is InChI=1S/C11H16O3S2/c1-11(2,3)14-9(12)6-8-16(13)10-5-4-7-15-10/h4-5,7H,6,8H2,1-3H3. The van der Waals surface area contributed by atoms with E-state index in [0.717, 1.165) is 4.21 Å². The van der Waals surface area contributed by atoms with Crippen molar-refractivity contribution in [3.8, 4) is 0 Å². The van der Waals surface area contributed by atoms with Gasteiger partial charge in [0.2, 0.25) is 4.21 Å². The van der Waals surface area contributed by atoms with Gasteiger partial charge in [0.15, 0.2) is 0 Å². The van der Waals surface area contributed by atoms with Crippen molar-refractivity contribution < 1.29 is 14.1 Å². The van der Waals surface area contributed by atoms with Crippen molar-refractivity contribution in [2.75, 3.05) is 5.75 Å². The zero-order valence-corrected chi connectivity index (χ0v) is 11.3. The van der Waals surface area contributed by atoms with Gasteiger partial charge in [0.25, 0.3) is 0 Å². The molecular formula is C11H16O3S2. The highest BCUT2D eigenvalue weighted by Gasteiger charge is 2.19. The highest BCUT2D eigenvalue weighted by molar-refractivity contribution is 7.93. The first-order valence-corrected chi connectivity index (χ1v) is 7.22. The Morgan fingerprint density at radius 1 is 1.56 bits per heavy atom. The van der Waals surface area contributed by atoms with Crippen LogP contribution < -0.4 is 0 Å². The molecule has 0 fully saturated rings. The van der Waals surface area contributed by atoms with Gasteiger partial charge in [-0.3, -0.25) is 4.79 Å². The van der Waals surface area contributed by atoms with Crippen LogP contribution in [0.5, 0.6) is 0 Å². The Balaban J connectivity index is 2.32. The van der Waals surface area contributed by atoms with Crippen LogP contribution in [0.4, 0.5) is 0 Å². The zero-order chi connectivity index (χ0) is 12.2. The second kappa shape index (κ2) is 5.70. The molecule has 0 saturated carbocycles. The zero-order valence-electron chi connectivity index (χ0n) is 9.69. The predicted molar refractivity (Wildman–Crippen MR) is 66.1 cm³/mol. The van der Waals surface area contributed by atoms with Crippen molar-refractivity contribution in [2.24, 2.45) is 0 Å². The summed E-state index contributed by atoms with van der Waals surface area (Å²) in [7, 11) is 0. The van der Waals surface area contributed by atoms with Gasteiger partial charge in [0.05, 0.1) is 6.42 Å². The molecule has 0 aromatic carbocycles. The molecule has 3 nitrogen and oxygen atoms in total. The van der Waals surface area contributed by atoms with Gasteiger partial charge in [0, 0.05) is 6.07 Å².